The second-order valence-corrected chi connectivity index (χ2v) is 10.9. The van der Waals surface area contributed by atoms with E-state index in [4.69, 9.17) is 5.11 Å². The summed E-state index contributed by atoms with van der Waals surface area (Å²) >= 11 is 1.75. The second kappa shape index (κ2) is 8.87. The normalized spacial score (nSPS) is 21.3. The summed E-state index contributed by atoms with van der Waals surface area (Å²) in [5.74, 6) is 0. The zero-order valence-electron chi connectivity index (χ0n) is 18.8. The van der Waals surface area contributed by atoms with E-state index in [1.54, 1.807) is 11.8 Å². The Morgan fingerprint density at radius 2 is 1.86 bits per heavy atom. The van der Waals surface area contributed by atoms with Crippen LogP contribution < -0.4 is 5.32 Å². The van der Waals surface area contributed by atoms with Crippen molar-refractivity contribution in [3.63, 3.8) is 0 Å². The van der Waals surface area contributed by atoms with Crippen LogP contribution in [0.2, 0.25) is 0 Å². The van der Waals surface area contributed by atoms with Gasteiger partial charge in [-0.3, -0.25) is 0 Å². The Balaban J connectivity index is 1.62. The first-order chi connectivity index (χ1) is 13.6. The van der Waals surface area contributed by atoms with Crippen molar-refractivity contribution < 1.29 is 5.11 Å². The largest absolute Gasteiger partial charge is 0.395 e. The SMILES string of the molecule is C=C(S/C=C(\C)c1ccc2c(c1)C(C)(C)CC2(C)C)N1CCC(NCCO)CC1. The molecule has 0 radical (unpaired) electrons. The van der Waals surface area contributed by atoms with Gasteiger partial charge in [-0.25, -0.2) is 0 Å². The molecular formula is C25H38N2OS. The molecule has 1 heterocycles. The molecular weight excluding hydrogens is 376 g/mol. The third-order valence-electron chi connectivity index (χ3n) is 6.58. The van der Waals surface area contributed by atoms with Crippen molar-refractivity contribution in [2.24, 2.45) is 0 Å². The van der Waals surface area contributed by atoms with Gasteiger partial charge in [0.2, 0.25) is 0 Å². The average molecular weight is 415 g/mol. The van der Waals surface area contributed by atoms with Crippen molar-refractivity contribution in [2.45, 2.75) is 70.8 Å². The lowest BCUT2D eigenvalue weighted by molar-refractivity contribution is 0.234. The maximum atomic E-state index is 8.96. The number of rotatable bonds is 7. The van der Waals surface area contributed by atoms with E-state index < -0.39 is 0 Å². The van der Waals surface area contributed by atoms with Gasteiger partial charge in [0.15, 0.2) is 0 Å². The van der Waals surface area contributed by atoms with Gasteiger partial charge in [0.1, 0.15) is 0 Å². The van der Waals surface area contributed by atoms with Gasteiger partial charge in [0.25, 0.3) is 0 Å². The van der Waals surface area contributed by atoms with Crippen molar-refractivity contribution in [3.8, 4) is 0 Å². The summed E-state index contributed by atoms with van der Waals surface area (Å²) in [6.45, 7) is 19.0. The molecule has 0 saturated carbocycles. The highest BCUT2D eigenvalue weighted by Gasteiger charge is 2.41. The topological polar surface area (TPSA) is 35.5 Å². The first-order valence-corrected chi connectivity index (χ1v) is 11.8. The van der Waals surface area contributed by atoms with Crippen LogP contribution in [0.3, 0.4) is 0 Å². The summed E-state index contributed by atoms with van der Waals surface area (Å²) in [6.07, 6.45) is 3.42. The fourth-order valence-electron chi connectivity index (χ4n) is 5.14. The van der Waals surface area contributed by atoms with Gasteiger partial charge < -0.3 is 15.3 Å². The molecule has 1 aliphatic carbocycles. The maximum absolute atomic E-state index is 8.96. The van der Waals surface area contributed by atoms with E-state index in [0.29, 0.717) is 12.6 Å². The number of hydrogen-bond acceptors (Lipinski definition) is 4. The predicted octanol–water partition coefficient (Wildman–Crippen LogP) is 5.26. The summed E-state index contributed by atoms with van der Waals surface area (Å²) in [4.78, 5) is 2.39. The van der Waals surface area contributed by atoms with Gasteiger partial charge in [0.05, 0.1) is 11.6 Å². The van der Waals surface area contributed by atoms with E-state index in [2.05, 4.69) is 75.0 Å². The number of allylic oxidation sites excluding steroid dienone is 1. The first kappa shape index (κ1) is 22.5. The number of benzene rings is 1. The number of fused-ring (bicyclic) bond motifs is 1. The van der Waals surface area contributed by atoms with E-state index in [-0.39, 0.29) is 17.4 Å². The molecule has 3 nitrogen and oxygen atoms in total. The number of nitrogens with zero attached hydrogens (tertiary/aromatic N) is 1. The van der Waals surface area contributed by atoms with E-state index >= 15 is 0 Å². The van der Waals surface area contributed by atoms with Crippen LogP contribution in [0, 0.1) is 0 Å². The lowest BCUT2D eigenvalue weighted by Crippen LogP contribution is -2.42. The van der Waals surface area contributed by atoms with Crippen molar-refractivity contribution in [2.75, 3.05) is 26.2 Å². The number of aliphatic hydroxyl groups is 1. The van der Waals surface area contributed by atoms with Crippen LogP contribution in [0.5, 0.6) is 0 Å². The molecule has 29 heavy (non-hydrogen) atoms. The fourth-order valence-corrected chi connectivity index (χ4v) is 5.92. The molecule has 0 spiro atoms. The lowest BCUT2D eigenvalue weighted by atomic mass is 9.82. The molecule has 0 bridgehead atoms. The molecule has 1 aliphatic heterocycles. The molecule has 2 aliphatic rings. The molecule has 0 amide bonds. The Morgan fingerprint density at radius 3 is 2.52 bits per heavy atom. The van der Waals surface area contributed by atoms with Crippen LogP contribution in [0.1, 0.15) is 70.6 Å². The summed E-state index contributed by atoms with van der Waals surface area (Å²) in [7, 11) is 0. The van der Waals surface area contributed by atoms with E-state index in [1.165, 1.54) is 28.7 Å². The Kier molecular flexibility index (Phi) is 6.87. The molecule has 0 atom stereocenters. The minimum absolute atomic E-state index is 0.213. The Morgan fingerprint density at radius 1 is 1.21 bits per heavy atom. The highest BCUT2D eigenvalue weighted by molar-refractivity contribution is 8.05. The van der Waals surface area contributed by atoms with Gasteiger partial charge in [-0.15, -0.1) is 0 Å². The smallest absolute Gasteiger partial charge is 0.0676 e. The van der Waals surface area contributed by atoms with Gasteiger partial charge >= 0.3 is 0 Å². The third-order valence-corrected chi connectivity index (χ3v) is 7.58. The maximum Gasteiger partial charge on any atom is 0.0676 e. The third kappa shape index (κ3) is 5.10. The quantitative estimate of drug-likeness (QED) is 0.638. The van der Waals surface area contributed by atoms with Crippen LogP contribution in [0.4, 0.5) is 0 Å². The Bertz CT molecular complexity index is 773. The molecule has 1 aromatic carbocycles. The van der Waals surface area contributed by atoms with Crippen LogP contribution >= 0.6 is 11.8 Å². The standard InChI is InChI=1S/C25H38N2OS/c1-18(16-29-19(2)27-12-9-21(10-13-27)26-11-14-28)20-7-8-22-23(15-20)25(5,6)17-24(22,3)4/h7-8,15-16,21,26,28H,2,9-14,17H2,1,3-6H3/b18-16+. The Labute approximate surface area is 181 Å². The highest BCUT2D eigenvalue weighted by Crippen LogP contribution is 2.49. The predicted molar refractivity (Wildman–Crippen MR) is 127 cm³/mol. The molecule has 3 rings (SSSR count). The molecule has 1 saturated heterocycles. The van der Waals surface area contributed by atoms with E-state index in [9.17, 15) is 0 Å². The number of hydrogen-bond donors (Lipinski definition) is 2. The van der Waals surface area contributed by atoms with Crippen LogP contribution in [-0.4, -0.2) is 42.3 Å². The summed E-state index contributed by atoms with van der Waals surface area (Å²) < 4.78 is 0. The van der Waals surface area contributed by atoms with Crippen LogP contribution in [-0.2, 0) is 10.8 Å². The van der Waals surface area contributed by atoms with Crippen molar-refractivity contribution in [3.05, 3.63) is 51.9 Å². The molecule has 2 N–H and O–H groups in total. The van der Waals surface area contributed by atoms with Gasteiger partial charge in [-0.1, -0.05) is 64.2 Å². The molecule has 1 aromatic rings. The van der Waals surface area contributed by atoms with Crippen molar-refractivity contribution >= 4 is 17.3 Å². The lowest BCUT2D eigenvalue weighted by Gasteiger charge is -2.34. The van der Waals surface area contributed by atoms with Gasteiger partial charge in [-0.05, 0) is 64.7 Å². The minimum atomic E-state index is 0.213. The highest BCUT2D eigenvalue weighted by atomic mass is 32.2. The average Bonchev–Trinajstić information content (AvgIpc) is 2.88. The zero-order valence-corrected chi connectivity index (χ0v) is 19.7. The summed E-state index contributed by atoms with van der Waals surface area (Å²) in [5, 5.41) is 15.8. The number of piperidine rings is 1. The minimum Gasteiger partial charge on any atom is -0.395 e. The number of thioether (sulfide) groups is 1. The Hall–Kier alpha value is -1.23. The van der Waals surface area contributed by atoms with E-state index in [0.717, 1.165) is 31.0 Å². The van der Waals surface area contributed by atoms with Gasteiger partial charge in [-0.2, -0.15) is 0 Å². The van der Waals surface area contributed by atoms with Crippen molar-refractivity contribution in [1.29, 1.82) is 0 Å². The molecule has 160 valence electrons. The number of nitrogens with one attached hydrogen (secondary N) is 1. The van der Waals surface area contributed by atoms with Crippen molar-refractivity contribution in [1.82, 2.24) is 10.2 Å². The second-order valence-electron chi connectivity index (χ2n) is 9.96. The monoisotopic (exact) mass is 414 g/mol. The molecule has 1 fully saturated rings. The van der Waals surface area contributed by atoms with E-state index in [1.807, 2.05) is 0 Å². The first-order valence-electron chi connectivity index (χ1n) is 10.9. The molecule has 4 heteroatoms. The van der Waals surface area contributed by atoms with Crippen LogP contribution in [0.25, 0.3) is 5.57 Å². The fraction of sp³-hybridized carbons (Fsp3) is 0.600. The summed E-state index contributed by atoms with van der Waals surface area (Å²) in [6, 6.07) is 7.57. The molecule has 0 unspecified atom stereocenters. The van der Waals surface area contributed by atoms with Gasteiger partial charge in [0, 0.05) is 25.7 Å². The number of likely N-dealkylation sites (tertiary alicyclic amines) is 1. The number of aliphatic hydroxyl groups excluding tert-OH is 1. The summed E-state index contributed by atoms with van der Waals surface area (Å²) in [5.41, 5.74) is 6.14. The van der Waals surface area contributed by atoms with Crippen LogP contribution in [0.15, 0.2) is 35.2 Å². The molecule has 0 aromatic heterocycles. The zero-order chi connectivity index (χ0) is 21.2.